The number of carbonyl (C=O) groups is 2. The lowest BCUT2D eigenvalue weighted by molar-refractivity contribution is -0.112. The molecule has 26 heavy (non-hydrogen) atoms. The molecule has 3 N–H and O–H groups in total. The predicted molar refractivity (Wildman–Crippen MR) is 104 cm³/mol. The van der Waals surface area contributed by atoms with E-state index in [2.05, 4.69) is 10.3 Å². The summed E-state index contributed by atoms with van der Waals surface area (Å²) >= 11 is 18.3. The second kappa shape index (κ2) is 7.41. The van der Waals surface area contributed by atoms with Crippen LogP contribution in [0.4, 0.5) is 5.69 Å². The molecule has 3 rings (SSSR count). The van der Waals surface area contributed by atoms with Crippen molar-refractivity contribution in [3.63, 3.8) is 0 Å². The number of carbonyl (C=O) groups excluding carboxylic acids is 1. The Morgan fingerprint density at radius 1 is 1.12 bits per heavy atom. The third-order valence-corrected chi connectivity index (χ3v) is 4.38. The van der Waals surface area contributed by atoms with E-state index in [4.69, 9.17) is 34.8 Å². The number of halogens is 3. The minimum atomic E-state index is -1.22. The van der Waals surface area contributed by atoms with Crippen LogP contribution in [-0.2, 0) is 4.79 Å². The molecule has 1 aromatic heterocycles. The Bertz CT molecular complexity index is 1040. The van der Waals surface area contributed by atoms with Gasteiger partial charge in [-0.3, -0.25) is 4.79 Å². The first-order valence-electron chi connectivity index (χ1n) is 7.34. The Balaban J connectivity index is 2.06. The van der Waals surface area contributed by atoms with Crippen molar-refractivity contribution in [2.45, 2.75) is 0 Å². The van der Waals surface area contributed by atoms with Crippen LogP contribution in [0.5, 0.6) is 0 Å². The Hall–Kier alpha value is -2.47. The lowest BCUT2D eigenvalue weighted by Gasteiger charge is -2.04. The van der Waals surface area contributed by atoms with Gasteiger partial charge in [0.1, 0.15) is 10.7 Å². The topological polar surface area (TPSA) is 82.2 Å². The van der Waals surface area contributed by atoms with Gasteiger partial charge in [0.25, 0.3) is 5.91 Å². The number of hydrogen-bond acceptors (Lipinski definition) is 2. The largest absolute Gasteiger partial charge is 0.477 e. The molecule has 0 aliphatic rings. The molecule has 5 nitrogen and oxygen atoms in total. The number of anilines is 1. The van der Waals surface area contributed by atoms with E-state index in [1.807, 2.05) is 6.07 Å². The molecule has 0 aliphatic carbocycles. The molecular formula is C18H11Cl3N2O3. The number of aromatic amines is 1. The highest BCUT2D eigenvalue weighted by Gasteiger charge is 2.20. The van der Waals surface area contributed by atoms with Gasteiger partial charge in [-0.05, 0) is 30.3 Å². The third kappa shape index (κ3) is 3.70. The van der Waals surface area contributed by atoms with Gasteiger partial charge in [-0.25, -0.2) is 4.79 Å². The molecule has 8 heteroatoms. The van der Waals surface area contributed by atoms with Crippen LogP contribution < -0.4 is 5.32 Å². The zero-order chi connectivity index (χ0) is 18.8. The quantitative estimate of drug-likeness (QED) is 0.505. The van der Waals surface area contributed by atoms with Gasteiger partial charge in [-0.1, -0.05) is 53.0 Å². The summed E-state index contributed by atoms with van der Waals surface area (Å²) in [6, 6.07) is 11.8. The van der Waals surface area contributed by atoms with Crippen LogP contribution >= 0.6 is 34.8 Å². The van der Waals surface area contributed by atoms with Crippen LogP contribution in [0.2, 0.25) is 10.0 Å². The van der Waals surface area contributed by atoms with Crippen molar-refractivity contribution >= 4 is 69.3 Å². The van der Waals surface area contributed by atoms with E-state index in [1.165, 1.54) is 12.1 Å². The van der Waals surface area contributed by atoms with Gasteiger partial charge in [0.15, 0.2) is 0 Å². The number of amides is 1. The summed E-state index contributed by atoms with van der Waals surface area (Å²) in [4.78, 5) is 26.6. The van der Waals surface area contributed by atoms with Crippen molar-refractivity contribution in [3.8, 4) is 0 Å². The maximum absolute atomic E-state index is 12.3. The molecule has 0 aliphatic heterocycles. The lowest BCUT2D eigenvalue weighted by Crippen LogP contribution is -2.11. The van der Waals surface area contributed by atoms with Crippen LogP contribution in [0.25, 0.3) is 17.0 Å². The van der Waals surface area contributed by atoms with E-state index in [9.17, 15) is 14.7 Å². The summed E-state index contributed by atoms with van der Waals surface area (Å²) in [5, 5.41) is 12.9. The van der Waals surface area contributed by atoms with Crippen molar-refractivity contribution < 1.29 is 14.7 Å². The summed E-state index contributed by atoms with van der Waals surface area (Å²) < 4.78 is 0. The fourth-order valence-electron chi connectivity index (χ4n) is 2.49. The second-order valence-electron chi connectivity index (χ2n) is 5.34. The number of benzene rings is 2. The number of rotatable bonds is 4. The molecular weight excluding hydrogens is 399 g/mol. The Morgan fingerprint density at radius 3 is 2.46 bits per heavy atom. The Morgan fingerprint density at radius 2 is 1.81 bits per heavy atom. The maximum atomic E-state index is 12.3. The fraction of sp³-hybridized carbons (Fsp3) is 0. The molecule has 0 saturated carbocycles. The van der Waals surface area contributed by atoms with Crippen molar-refractivity contribution in [2.75, 3.05) is 5.32 Å². The number of carboxylic acids is 1. The van der Waals surface area contributed by atoms with E-state index in [1.54, 1.807) is 30.3 Å². The summed E-state index contributed by atoms with van der Waals surface area (Å²) in [5.41, 5.74) is 1.04. The number of para-hydroxylation sites is 1. The highest BCUT2D eigenvalue weighted by molar-refractivity contribution is 6.46. The van der Waals surface area contributed by atoms with Crippen molar-refractivity contribution in [1.29, 1.82) is 0 Å². The summed E-state index contributed by atoms with van der Waals surface area (Å²) in [6.45, 7) is 0. The van der Waals surface area contributed by atoms with Gasteiger partial charge in [0, 0.05) is 27.2 Å². The number of H-pyrrole nitrogens is 1. The van der Waals surface area contributed by atoms with E-state index in [0.717, 1.165) is 0 Å². The van der Waals surface area contributed by atoms with Gasteiger partial charge >= 0.3 is 5.97 Å². The van der Waals surface area contributed by atoms with E-state index < -0.39 is 11.9 Å². The number of hydrogen-bond donors (Lipinski definition) is 3. The van der Waals surface area contributed by atoms with E-state index >= 15 is 0 Å². The minimum Gasteiger partial charge on any atom is -0.477 e. The fourth-order valence-corrected chi connectivity index (χ4v) is 3.24. The second-order valence-corrected chi connectivity index (χ2v) is 6.59. The zero-order valence-electron chi connectivity index (χ0n) is 13.0. The summed E-state index contributed by atoms with van der Waals surface area (Å²) in [7, 11) is 0. The van der Waals surface area contributed by atoms with E-state index in [0.29, 0.717) is 21.6 Å². The van der Waals surface area contributed by atoms with Crippen molar-refractivity contribution in [1.82, 2.24) is 4.98 Å². The highest BCUT2D eigenvalue weighted by atomic mass is 35.5. The normalized spacial score (nSPS) is 11.6. The first-order chi connectivity index (χ1) is 12.4. The summed E-state index contributed by atoms with van der Waals surface area (Å²) in [5.74, 6) is -1.79. The average molecular weight is 410 g/mol. The lowest BCUT2D eigenvalue weighted by atomic mass is 10.1. The molecule has 3 aromatic rings. The van der Waals surface area contributed by atoms with Crippen LogP contribution in [0, 0.1) is 0 Å². The molecule has 0 radical (unpaired) electrons. The first-order valence-corrected chi connectivity index (χ1v) is 8.48. The average Bonchev–Trinajstić information content (AvgIpc) is 2.94. The predicted octanol–water partition coefficient (Wildman–Crippen LogP) is 5.39. The van der Waals surface area contributed by atoms with E-state index in [-0.39, 0.29) is 21.3 Å². The number of nitrogens with one attached hydrogen (secondary N) is 2. The Labute approximate surface area is 163 Å². The van der Waals surface area contributed by atoms with Crippen LogP contribution in [-0.4, -0.2) is 22.0 Å². The number of aromatic nitrogens is 1. The minimum absolute atomic E-state index is 0.144. The van der Waals surface area contributed by atoms with Crippen molar-refractivity contribution in [2.24, 2.45) is 0 Å². The van der Waals surface area contributed by atoms with Gasteiger partial charge < -0.3 is 15.4 Å². The van der Waals surface area contributed by atoms with Crippen molar-refractivity contribution in [3.05, 3.63) is 68.8 Å². The zero-order valence-corrected chi connectivity index (χ0v) is 15.3. The molecule has 0 saturated heterocycles. The molecule has 0 fully saturated rings. The molecule has 0 unspecified atom stereocenters. The smallest absolute Gasteiger partial charge is 0.352 e. The monoisotopic (exact) mass is 408 g/mol. The molecule has 0 bridgehead atoms. The molecule has 132 valence electrons. The Kier molecular flexibility index (Phi) is 5.23. The van der Waals surface area contributed by atoms with Gasteiger partial charge in [-0.2, -0.15) is 0 Å². The number of carboxylic acid groups (broad SMARTS) is 1. The highest BCUT2D eigenvalue weighted by Crippen LogP contribution is 2.34. The van der Waals surface area contributed by atoms with Gasteiger partial charge in [0.05, 0.1) is 5.02 Å². The van der Waals surface area contributed by atoms with Crippen LogP contribution in [0.3, 0.4) is 0 Å². The molecule has 0 atom stereocenters. The number of aromatic carboxylic acids is 1. The van der Waals surface area contributed by atoms with Gasteiger partial charge in [-0.15, -0.1) is 0 Å². The molecule has 2 aromatic carbocycles. The maximum Gasteiger partial charge on any atom is 0.352 e. The summed E-state index contributed by atoms with van der Waals surface area (Å²) in [6.07, 6.45) is 1.27. The molecule has 0 spiro atoms. The number of fused-ring (bicyclic) bond motifs is 1. The third-order valence-electron chi connectivity index (χ3n) is 3.59. The van der Waals surface area contributed by atoms with Crippen LogP contribution in [0.15, 0.2) is 47.5 Å². The molecule has 1 heterocycles. The van der Waals surface area contributed by atoms with Crippen LogP contribution in [0.1, 0.15) is 16.1 Å². The standard InChI is InChI=1S/C18H11Cl3N2O3/c19-9-6-12(20)15-11(16(18(25)26)23-14(15)7-9)8-13(21)17(24)22-10-4-2-1-3-5-10/h1-8,23H,(H,22,24)(H,25,26)/b13-8-. The first kappa shape index (κ1) is 18.3. The molecule has 1 amide bonds. The van der Waals surface area contributed by atoms with Gasteiger partial charge in [0.2, 0.25) is 0 Å². The SMILES string of the molecule is O=C(Nc1ccccc1)/C(Cl)=C/c1c(C(=O)O)[nH]c2cc(Cl)cc(Cl)c12.